The predicted molar refractivity (Wildman–Crippen MR) is 149 cm³/mol. The molecule has 0 saturated carbocycles. The van der Waals surface area contributed by atoms with Gasteiger partial charge in [0.25, 0.3) is 11.8 Å². The smallest absolute Gasteiger partial charge is 0.285 e. The van der Waals surface area contributed by atoms with Crippen molar-refractivity contribution in [1.82, 2.24) is 10.4 Å². The van der Waals surface area contributed by atoms with Gasteiger partial charge >= 0.3 is 0 Å². The number of amides is 2. The van der Waals surface area contributed by atoms with Gasteiger partial charge in [0, 0.05) is 27.9 Å². The maximum absolute atomic E-state index is 12.9. The molecule has 3 rings (SSSR count). The zero-order chi connectivity index (χ0) is 25.9. The number of nitrogens with zero attached hydrogens (tertiary/aromatic N) is 1. The van der Waals surface area contributed by atoms with E-state index in [2.05, 4.69) is 42.6 Å². The second-order valence-electron chi connectivity index (χ2n) is 6.65. The number of anilines is 1. The number of carbonyl (C=O) groups excluding carboxylic acids is 2. The summed E-state index contributed by atoms with van der Waals surface area (Å²) in [6, 6.07) is 6.39. The van der Waals surface area contributed by atoms with E-state index in [9.17, 15) is 14.7 Å². The van der Waals surface area contributed by atoms with E-state index in [1.807, 2.05) is 0 Å². The lowest BCUT2D eigenvalue weighted by Gasteiger charge is -2.18. The summed E-state index contributed by atoms with van der Waals surface area (Å²) in [6.07, 6.45) is 1.49. The summed E-state index contributed by atoms with van der Waals surface area (Å²) in [5.74, 6) is -0.219. The van der Waals surface area contributed by atoms with Crippen LogP contribution >= 0.6 is 68.1 Å². The van der Waals surface area contributed by atoms with Crippen molar-refractivity contribution in [2.24, 2.45) is 0 Å². The number of nitrogens with one attached hydrogen (secondary N) is 2. The van der Waals surface area contributed by atoms with Gasteiger partial charge in [-0.05, 0) is 46.4 Å². The summed E-state index contributed by atoms with van der Waals surface area (Å²) in [5, 5.41) is 13.9. The number of rotatable bonds is 6. The predicted octanol–water partition coefficient (Wildman–Crippen LogP) is 4.61. The molecular weight excluding hydrogens is 646 g/mol. The third-order valence-corrected chi connectivity index (χ3v) is 7.12. The third-order valence-electron chi connectivity index (χ3n) is 4.48. The lowest BCUT2D eigenvalue weighted by molar-refractivity contribution is -0.123. The molecule has 1 aliphatic rings. The first-order valence-electron chi connectivity index (χ1n) is 9.47. The number of aromatic hydroxyl groups is 1. The topological polar surface area (TPSA) is 109 Å². The average molecular weight is 663 g/mol. The van der Waals surface area contributed by atoms with Crippen molar-refractivity contribution in [3.05, 3.63) is 43.7 Å². The summed E-state index contributed by atoms with van der Waals surface area (Å²) in [7, 11) is 4.36. The second-order valence-corrected chi connectivity index (χ2v) is 10.5. The molecule has 0 radical (unpaired) electrons. The largest absolute Gasteiger partial charge is 0.506 e. The minimum atomic E-state index is -0.694. The Kier molecular flexibility index (Phi) is 8.99. The molecule has 2 aromatic rings. The molecule has 9 nitrogen and oxygen atoms in total. The first-order valence-corrected chi connectivity index (χ1v) is 12.7. The van der Waals surface area contributed by atoms with E-state index >= 15 is 0 Å². The van der Waals surface area contributed by atoms with Crippen LogP contribution in [0.25, 0.3) is 6.08 Å². The van der Waals surface area contributed by atoms with E-state index in [4.69, 9.17) is 38.6 Å². The average Bonchev–Trinajstić information content (AvgIpc) is 3.08. The van der Waals surface area contributed by atoms with Crippen LogP contribution in [0.15, 0.2) is 38.1 Å². The molecule has 1 aliphatic heterocycles. The summed E-state index contributed by atoms with van der Waals surface area (Å²) < 4.78 is 17.1. The minimum Gasteiger partial charge on any atom is -0.506 e. The molecule has 0 atom stereocenters. The van der Waals surface area contributed by atoms with Crippen LogP contribution in [0.3, 0.4) is 0 Å². The zero-order valence-corrected chi connectivity index (χ0v) is 23.9. The molecule has 1 fully saturated rings. The summed E-state index contributed by atoms with van der Waals surface area (Å²) in [4.78, 5) is 25.5. The standard InChI is InChI=1S/C21H17Br2N3O6S3/c1-30-13-7-11(8-14(31-2)17(13)32-3)24-18(28)19(33)25-26-20(29)15(35-21(26)34)5-9-4-10(22)6-12(23)16(9)27/h4-8,27H,1-3H3,(H,24,28)(H,25,33)/b15-5+. The highest BCUT2D eigenvalue weighted by atomic mass is 79.9. The highest BCUT2D eigenvalue weighted by Gasteiger charge is 2.34. The first-order chi connectivity index (χ1) is 16.6. The summed E-state index contributed by atoms with van der Waals surface area (Å²) in [6.45, 7) is 0. The highest BCUT2D eigenvalue weighted by Crippen LogP contribution is 2.40. The van der Waals surface area contributed by atoms with E-state index in [1.54, 1.807) is 12.1 Å². The second kappa shape index (κ2) is 11.6. The van der Waals surface area contributed by atoms with Crippen LogP contribution in [0.5, 0.6) is 23.0 Å². The number of thiocarbonyl (C=S) groups is 2. The van der Waals surface area contributed by atoms with Gasteiger partial charge in [-0.2, -0.15) is 5.01 Å². The minimum absolute atomic E-state index is 0.0355. The maximum Gasteiger partial charge on any atom is 0.285 e. The quantitative estimate of drug-likeness (QED) is 0.300. The van der Waals surface area contributed by atoms with Crippen molar-refractivity contribution in [1.29, 1.82) is 0 Å². The van der Waals surface area contributed by atoms with E-state index in [0.717, 1.165) is 16.8 Å². The van der Waals surface area contributed by atoms with Crippen molar-refractivity contribution in [3.8, 4) is 23.0 Å². The molecule has 0 bridgehead atoms. The maximum atomic E-state index is 12.9. The van der Waals surface area contributed by atoms with Crippen LogP contribution in [-0.2, 0) is 9.59 Å². The monoisotopic (exact) mass is 661 g/mol. The number of hydrogen-bond donors (Lipinski definition) is 3. The van der Waals surface area contributed by atoms with Gasteiger partial charge in [-0.1, -0.05) is 39.9 Å². The Bertz CT molecular complexity index is 1250. The number of hydrazine groups is 1. The van der Waals surface area contributed by atoms with Crippen LogP contribution in [-0.4, -0.2) is 52.6 Å². The first kappa shape index (κ1) is 27.2. The molecule has 0 spiro atoms. The van der Waals surface area contributed by atoms with Gasteiger partial charge < -0.3 is 24.6 Å². The molecule has 2 amide bonds. The van der Waals surface area contributed by atoms with Crippen molar-refractivity contribution in [2.45, 2.75) is 0 Å². The van der Waals surface area contributed by atoms with E-state index in [1.165, 1.54) is 39.5 Å². The van der Waals surface area contributed by atoms with Crippen LogP contribution in [0.1, 0.15) is 5.56 Å². The Labute approximate surface area is 232 Å². The van der Waals surface area contributed by atoms with Gasteiger partial charge in [-0.15, -0.1) is 0 Å². The van der Waals surface area contributed by atoms with E-state index < -0.39 is 11.8 Å². The van der Waals surface area contributed by atoms with Gasteiger partial charge in [-0.25, -0.2) is 0 Å². The van der Waals surface area contributed by atoms with Crippen molar-refractivity contribution in [2.75, 3.05) is 26.6 Å². The number of benzene rings is 2. The van der Waals surface area contributed by atoms with Crippen LogP contribution in [0.2, 0.25) is 0 Å². The van der Waals surface area contributed by atoms with E-state index in [-0.39, 0.29) is 20.0 Å². The molecular formula is C21H17Br2N3O6S3. The Hall–Kier alpha value is -2.39. The number of carbonyl (C=O) groups is 2. The number of ether oxygens (including phenoxy) is 3. The molecule has 14 heteroatoms. The molecule has 0 unspecified atom stereocenters. The molecule has 1 saturated heterocycles. The zero-order valence-electron chi connectivity index (χ0n) is 18.3. The lowest BCUT2D eigenvalue weighted by atomic mass is 10.2. The molecule has 0 aromatic heterocycles. The summed E-state index contributed by atoms with van der Waals surface area (Å²) in [5.41, 5.74) is 3.29. The van der Waals surface area contributed by atoms with Gasteiger partial charge in [0.1, 0.15) is 5.75 Å². The molecule has 2 aromatic carbocycles. The molecule has 184 valence electrons. The fourth-order valence-electron chi connectivity index (χ4n) is 2.89. The Balaban J connectivity index is 1.75. The normalized spacial score (nSPS) is 14.2. The van der Waals surface area contributed by atoms with Gasteiger partial charge in [0.05, 0.1) is 30.7 Å². The Morgan fingerprint density at radius 2 is 1.74 bits per heavy atom. The van der Waals surface area contributed by atoms with E-state index in [0.29, 0.717) is 37.4 Å². The number of halogens is 2. The number of methoxy groups -OCH3 is 3. The molecule has 0 aliphatic carbocycles. The van der Waals surface area contributed by atoms with Crippen LogP contribution in [0.4, 0.5) is 5.69 Å². The highest BCUT2D eigenvalue weighted by molar-refractivity contribution is 9.11. The molecule has 3 N–H and O–H groups in total. The molecule has 35 heavy (non-hydrogen) atoms. The van der Waals surface area contributed by atoms with Gasteiger partial charge in [0.2, 0.25) is 5.75 Å². The van der Waals surface area contributed by atoms with Crippen LogP contribution in [0, 0.1) is 0 Å². The number of phenolic OH excluding ortho intramolecular Hbond substituents is 1. The van der Waals surface area contributed by atoms with Gasteiger partial charge in [-0.3, -0.25) is 15.0 Å². The van der Waals surface area contributed by atoms with Gasteiger partial charge in [0.15, 0.2) is 20.8 Å². The molecule has 1 heterocycles. The fourth-order valence-corrected chi connectivity index (χ4v) is 5.47. The fraction of sp³-hybridized carbons (Fsp3) is 0.143. The summed E-state index contributed by atoms with van der Waals surface area (Å²) >= 11 is 18.0. The SMILES string of the molecule is COc1cc(NC(=O)C(=S)NN2C(=O)/C(=C\c3cc(Br)cc(Br)c3O)SC2=S)cc(OC)c1OC. The third kappa shape index (κ3) is 6.06. The number of hydrogen-bond acceptors (Lipinski definition) is 9. The van der Waals surface area contributed by atoms with Crippen LogP contribution < -0.4 is 25.0 Å². The van der Waals surface area contributed by atoms with Crippen molar-refractivity contribution < 1.29 is 28.9 Å². The Morgan fingerprint density at radius 3 is 2.31 bits per heavy atom. The number of phenols is 1. The Morgan fingerprint density at radius 1 is 1.11 bits per heavy atom. The lowest BCUT2D eigenvalue weighted by Crippen LogP contribution is -2.48. The van der Waals surface area contributed by atoms with Crippen molar-refractivity contribution in [3.63, 3.8) is 0 Å². The van der Waals surface area contributed by atoms with Crippen molar-refractivity contribution >= 4 is 101 Å². The number of thioether (sulfide) groups is 1.